The number of rotatable bonds is 2. The number of nitrogens with two attached hydrogens (primary N) is 2. The van der Waals surface area contributed by atoms with Crippen LogP contribution in [0.25, 0.3) is 22.2 Å². The predicted molar refractivity (Wildman–Crippen MR) is 155 cm³/mol. The van der Waals surface area contributed by atoms with Crippen LogP contribution < -0.4 is 11.5 Å². The van der Waals surface area contributed by atoms with Crippen LogP contribution in [0.3, 0.4) is 0 Å². The Hall–Kier alpha value is -2.39. The first-order valence-electron chi connectivity index (χ1n) is 12.8. The van der Waals surface area contributed by atoms with E-state index in [1.165, 1.54) is 34.3 Å². The number of aryl methyl sites for hydroxylation is 1. The van der Waals surface area contributed by atoms with Gasteiger partial charge in [0, 0.05) is 6.20 Å². The van der Waals surface area contributed by atoms with E-state index in [1.54, 1.807) is 6.92 Å². The number of fused-ring (bicyclic) bond motifs is 5. The number of nitrogens with zero attached hydrogens (tertiary/aromatic N) is 7. The third kappa shape index (κ3) is 5.10. The summed E-state index contributed by atoms with van der Waals surface area (Å²) in [6.45, 7) is -7.58. The van der Waals surface area contributed by atoms with E-state index >= 15 is 4.39 Å². The molecule has 7 rings (SSSR count). The van der Waals surface area contributed by atoms with Gasteiger partial charge in [0.15, 0.2) is 42.2 Å². The summed E-state index contributed by atoms with van der Waals surface area (Å²) in [6.07, 6.45) is -7.25. The van der Waals surface area contributed by atoms with Crippen molar-refractivity contribution in [1.82, 2.24) is 34.1 Å². The number of halogens is 1. The molecule has 44 heavy (non-hydrogen) atoms. The zero-order chi connectivity index (χ0) is 31.1. The molecule has 2 bridgehead atoms. The van der Waals surface area contributed by atoms with Crippen LogP contribution in [0.2, 0.25) is 0 Å². The first kappa shape index (κ1) is 30.3. The molecule has 0 spiro atoms. The summed E-state index contributed by atoms with van der Waals surface area (Å²) in [7, 11) is 0. The Bertz CT molecular complexity index is 1870. The van der Waals surface area contributed by atoms with Crippen molar-refractivity contribution in [3.63, 3.8) is 0 Å². The van der Waals surface area contributed by atoms with E-state index in [0.29, 0.717) is 16.6 Å². The zero-order valence-electron chi connectivity index (χ0n) is 22.3. The van der Waals surface area contributed by atoms with E-state index in [1.807, 2.05) is 0 Å². The molecule has 0 radical (unpaired) electrons. The zero-order valence-corrected chi connectivity index (χ0v) is 25.8. The lowest BCUT2D eigenvalue weighted by Gasteiger charge is -2.29. The van der Waals surface area contributed by atoms with Crippen LogP contribution in [0.5, 0.6) is 0 Å². The smallest absolute Gasteiger partial charge is 0.385 e. The second-order valence-electron chi connectivity index (χ2n) is 10.1. The Morgan fingerprint density at radius 2 is 1.75 bits per heavy atom. The second kappa shape index (κ2) is 10.9. The minimum Gasteiger partial charge on any atom is -0.385 e. The van der Waals surface area contributed by atoms with Crippen LogP contribution >= 0.6 is 25.8 Å². The molecule has 18 nitrogen and oxygen atoms in total. The van der Waals surface area contributed by atoms with E-state index in [9.17, 15) is 14.6 Å². The lowest BCUT2D eigenvalue weighted by atomic mass is 10.1. The fraction of sp³-hybridized carbons (Fsp3) is 0.476. The maximum absolute atomic E-state index is 16.1. The number of hydrogen-bond acceptors (Lipinski definition) is 16. The molecule has 4 aromatic rings. The van der Waals surface area contributed by atoms with Crippen molar-refractivity contribution < 1.29 is 46.5 Å². The Labute approximate surface area is 256 Å². The number of thiol groups is 1. The summed E-state index contributed by atoms with van der Waals surface area (Å²) in [5, 5.41) is 11.2. The number of aliphatic hydroxyl groups excluding tert-OH is 1. The van der Waals surface area contributed by atoms with Gasteiger partial charge >= 0.3 is 13.5 Å². The van der Waals surface area contributed by atoms with Crippen molar-refractivity contribution in [3.05, 3.63) is 30.7 Å². The second-order valence-corrected chi connectivity index (χ2v) is 15.8. The molecule has 2 unspecified atom stereocenters. The van der Waals surface area contributed by atoms with Gasteiger partial charge in [0.1, 0.15) is 41.8 Å². The van der Waals surface area contributed by atoms with E-state index in [4.69, 9.17) is 50.8 Å². The van der Waals surface area contributed by atoms with Crippen molar-refractivity contribution in [2.24, 2.45) is 0 Å². The highest BCUT2D eigenvalue weighted by Gasteiger charge is 2.55. The fourth-order valence-electron chi connectivity index (χ4n) is 5.36. The molecule has 3 aliphatic rings. The highest BCUT2D eigenvalue weighted by atomic mass is 32.7. The van der Waals surface area contributed by atoms with Crippen molar-refractivity contribution >= 4 is 71.4 Å². The monoisotopic (exact) mass is 691 g/mol. The van der Waals surface area contributed by atoms with Crippen LogP contribution in [-0.2, 0) is 43.9 Å². The molecule has 0 saturated carbocycles. The topological polar surface area (TPSA) is 239 Å². The number of nitrogen functional groups attached to an aromatic ring is 2. The highest BCUT2D eigenvalue weighted by Crippen LogP contribution is 2.60. The number of ether oxygens (including phenoxy) is 2. The molecule has 7 heterocycles. The van der Waals surface area contributed by atoms with Crippen LogP contribution in [0, 0.1) is 6.92 Å². The minimum atomic E-state index is -4.39. The summed E-state index contributed by atoms with van der Waals surface area (Å²) in [6, 6.07) is 0. The largest absolute Gasteiger partial charge is 0.386 e. The molecular weight excluding hydrogens is 667 g/mol. The molecule has 0 aromatic carbocycles. The van der Waals surface area contributed by atoms with Gasteiger partial charge in [-0.05, 0) is 24.3 Å². The molecule has 3 saturated heterocycles. The Balaban J connectivity index is 1.22. The summed E-state index contributed by atoms with van der Waals surface area (Å²) in [4.78, 5) is 31.5. The quantitative estimate of drug-likeness (QED) is 0.147. The van der Waals surface area contributed by atoms with Gasteiger partial charge in [-0.15, -0.1) is 0 Å². The van der Waals surface area contributed by atoms with E-state index in [0.717, 1.165) is 0 Å². The number of imidazole rings is 2. The normalized spacial score (nSPS) is 38.0. The molecule has 3 aliphatic heterocycles. The van der Waals surface area contributed by atoms with Crippen molar-refractivity contribution in [1.29, 1.82) is 0 Å². The Morgan fingerprint density at radius 1 is 1.02 bits per heavy atom. The van der Waals surface area contributed by atoms with Crippen LogP contribution in [0.4, 0.5) is 16.0 Å². The van der Waals surface area contributed by atoms with Crippen LogP contribution in [0.15, 0.2) is 25.2 Å². The van der Waals surface area contributed by atoms with Gasteiger partial charge in [-0.25, -0.2) is 33.9 Å². The number of aromatic nitrogens is 7. The highest BCUT2D eigenvalue weighted by molar-refractivity contribution is 8.44. The number of hydrogen-bond donors (Lipinski definition) is 5. The van der Waals surface area contributed by atoms with E-state index in [2.05, 4.69) is 37.2 Å². The van der Waals surface area contributed by atoms with Gasteiger partial charge in [0.25, 0.3) is 0 Å². The Kier molecular flexibility index (Phi) is 7.47. The van der Waals surface area contributed by atoms with Crippen LogP contribution in [-0.4, -0.2) is 87.5 Å². The maximum atomic E-state index is 16.1. The minimum absolute atomic E-state index is 0.0616. The van der Waals surface area contributed by atoms with Gasteiger partial charge in [-0.1, -0.05) is 12.2 Å². The molecule has 23 heteroatoms. The Morgan fingerprint density at radius 3 is 2.55 bits per heavy atom. The number of pyridine rings is 1. The molecule has 3 fully saturated rings. The molecular formula is C21H24FN9O9P2S2. The van der Waals surface area contributed by atoms with Crippen molar-refractivity contribution in [2.45, 2.75) is 56.3 Å². The summed E-state index contributed by atoms with van der Waals surface area (Å²) >= 11 is 9.28. The molecule has 0 aliphatic carbocycles. The summed E-state index contributed by atoms with van der Waals surface area (Å²) < 4.78 is 66.4. The van der Waals surface area contributed by atoms with Gasteiger partial charge in [-0.2, -0.15) is 0 Å². The standard InChI is InChI=1S/C21H24FN9O9P2S2/c1-7-2-25-16(23)10-12(7)30(5-28-10)20-15-13(32)21(37-20)40-42(34,44)38-14-8(3-35-41(33,43)39-15)36-19(9(14)22)31-6-29-11-17(24)26-4-27-18(11)31/h2,4-6,8-9,13-15,19-21,32H,3H2,1H3,(H2,23,25)(H,33,43)(H,34,44)(H2,24,26,27)/t8-,9-,13+,14-,15-,19-,20-,21-,41?,42?/m1/s1. The number of anilines is 2. The van der Waals surface area contributed by atoms with Gasteiger partial charge in [0.05, 0.1) is 24.8 Å². The maximum Gasteiger partial charge on any atom is 0.386 e. The lowest BCUT2D eigenvalue weighted by molar-refractivity contribution is -0.133. The van der Waals surface area contributed by atoms with Gasteiger partial charge in [0.2, 0.25) is 0 Å². The van der Waals surface area contributed by atoms with Crippen LogP contribution in [0.1, 0.15) is 18.0 Å². The molecule has 10 atom stereocenters. The summed E-state index contributed by atoms with van der Waals surface area (Å²) in [5.74, 6) is 0.193. The first-order valence-corrected chi connectivity index (χ1v) is 18.1. The molecule has 236 valence electrons. The third-order valence-corrected chi connectivity index (χ3v) is 10.4. The average molecular weight is 692 g/mol. The number of aliphatic hydroxyl groups is 1. The van der Waals surface area contributed by atoms with Crippen molar-refractivity contribution in [2.75, 3.05) is 18.1 Å². The third-order valence-electron chi connectivity index (χ3n) is 7.33. The lowest BCUT2D eigenvalue weighted by Crippen LogP contribution is -2.37. The predicted octanol–water partition coefficient (Wildman–Crippen LogP) is 1.27. The van der Waals surface area contributed by atoms with Crippen molar-refractivity contribution in [3.8, 4) is 0 Å². The van der Waals surface area contributed by atoms with Gasteiger partial charge in [-0.3, -0.25) is 22.7 Å². The van der Waals surface area contributed by atoms with E-state index in [-0.39, 0.29) is 22.8 Å². The number of alkyl halides is 1. The first-order chi connectivity index (χ1) is 20.8. The SMILES string of the molecule is Cc1cnc(N)c2ncn([C@@H]3O[C@@H]4OP(O)(=S)O[C@H]5[C@@H](F)[C@H](n6cnc7c(N)ncnc76)O[C@@H]5COP(=O)(S)O[C@@H]3[C@@H]4O)c12. The fourth-order valence-corrected chi connectivity index (χ4v) is 8.42. The van der Waals surface area contributed by atoms with Gasteiger partial charge < -0.3 is 35.5 Å². The molecule has 6 N–H and O–H groups in total. The average Bonchev–Trinajstić information content (AvgIpc) is 3.72. The summed E-state index contributed by atoms with van der Waals surface area (Å²) in [5.41, 5.74) is 13.6. The molecule has 0 amide bonds. The molecule has 4 aromatic heterocycles. The van der Waals surface area contributed by atoms with E-state index < -0.39 is 69.5 Å².